The van der Waals surface area contributed by atoms with Gasteiger partial charge in [-0.2, -0.15) is 5.26 Å². The quantitative estimate of drug-likeness (QED) is 0.601. The number of benzene rings is 1. The molecule has 0 aliphatic heterocycles. The van der Waals surface area contributed by atoms with E-state index in [9.17, 15) is 23.3 Å². The number of amides is 1. The van der Waals surface area contributed by atoms with Crippen molar-refractivity contribution in [3.8, 4) is 6.07 Å². The fourth-order valence-electron chi connectivity index (χ4n) is 2.61. The Morgan fingerprint density at radius 2 is 1.93 bits per heavy atom. The second-order valence-electron chi connectivity index (χ2n) is 7.17. The minimum atomic E-state index is -3.66. The maximum Gasteiger partial charge on any atom is 0.338 e. The van der Waals surface area contributed by atoms with Crippen LogP contribution in [-0.4, -0.2) is 38.5 Å². The minimum absolute atomic E-state index is 0.0383. The molecule has 8 nitrogen and oxygen atoms in total. The van der Waals surface area contributed by atoms with Crippen LogP contribution >= 0.6 is 0 Å². The Morgan fingerprint density at radius 1 is 1.32 bits per heavy atom. The van der Waals surface area contributed by atoms with Crippen molar-refractivity contribution in [2.24, 2.45) is 5.92 Å². The average molecular weight is 407 g/mol. The van der Waals surface area contributed by atoms with Crippen LogP contribution in [-0.2, 0) is 19.6 Å². The summed E-state index contributed by atoms with van der Waals surface area (Å²) in [4.78, 5) is 24.1. The predicted octanol–water partition coefficient (Wildman–Crippen LogP) is 1.73. The number of ether oxygens (including phenoxy) is 1. The van der Waals surface area contributed by atoms with E-state index in [0.29, 0.717) is 6.42 Å². The number of hydrogen-bond donors (Lipinski definition) is 2. The molecule has 1 aliphatic carbocycles. The molecule has 0 unspecified atom stereocenters. The third-order valence-electron chi connectivity index (χ3n) is 4.73. The Morgan fingerprint density at radius 3 is 2.43 bits per heavy atom. The van der Waals surface area contributed by atoms with Gasteiger partial charge in [-0.3, -0.25) is 4.79 Å². The lowest BCUT2D eigenvalue weighted by molar-refractivity contribution is -0.125. The number of rotatable bonds is 9. The number of carbonyl (C=O) groups excluding carboxylic acids is 2. The van der Waals surface area contributed by atoms with E-state index in [1.165, 1.54) is 24.3 Å². The van der Waals surface area contributed by atoms with E-state index < -0.39 is 34.0 Å². The summed E-state index contributed by atoms with van der Waals surface area (Å²) >= 11 is 0. The maximum atomic E-state index is 12.2. The van der Waals surface area contributed by atoms with Crippen LogP contribution in [0.25, 0.3) is 0 Å². The van der Waals surface area contributed by atoms with Crippen molar-refractivity contribution in [1.29, 1.82) is 5.26 Å². The van der Waals surface area contributed by atoms with Crippen LogP contribution in [0.5, 0.6) is 0 Å². The van der Waals surface area contributed by atoms with E-state index >= 15 is 0 Å². The molecule has 1 saturated carbocycles. The van der Waals surface area contributed by atoms with Crippen LogP contribution in [0.1, 0.15) is 50.4 Å². The zero-order chi connectivity index (χ0) is 20.9. The SMILES string of the molecule is CC[C@@H](C)NS(=O)(=O)c1ccc(C(=O)OCC(=O)N[C@](C)(C#N)C2CC2)cc1. The molecule has 0 saturated heterocycles. The van der Waals surface area contributed by atoms with Crippen molar-refractivity contribution in [1.82, 2.24) is 10.0 Å². The van der Waals surface area contributed by atoms with E-state index in [-0.39, 0.29) is 22.4 Å². The number of sulfonamides is 1. The molecule has 0 heterocycles. The Bertz CT molecular complexity index is 872. The lowest BCUT2D eigenvalue weighted by Gasteiger charge is -2.22. The molecule has 0 spiro atoms. The summed E-state index contributed by atoms with van der Waals surface area (Å²) in [5, 5.41) is 11.8. The molecule has 2 N–H and O–H groups in total. The highest BCUT2D eigenvalue weighted by Gasteiger charge is 2.43. The zero-order valence-corrected chi connectivity index (χ0v) is 17.0. The first-order chi connectivity index (χ1) is 13.1. The normalized spacial score (nSPS) is 17.1. The molecule has 9 heteroatoms. The van der Waals surface area contributed by atoms with Crippen molar-refractivity contribution in [2.75, 3.05) is 6.61 Å². The summed E-state index contributed by atoms with van der Waals surface area (Å²) in [6.07, 6.45) is 2.41. The summed E-state index contributed by atoms with van der Waals surface area (Å²) in [5.41, 5.74) is -0.831. The molecule has 1 fully saturated rings. The van der Waals surface area contributed by atoms with Crippen LogP contribution in [0, 0.1) is 17.2 Å². The minimum Gasteiger partial charge on any atom is -0.452 e. The second kappa shape index (κ2) is 8.71. The molecule has 1 aromatic carbocycles. The van der Waals surface area contributed by atoms with Crippen LogP contribution in [0.3, 0.4) is 0 Å². The van der Waals surface area contributed by atoms with Crippen molar-refractivity contribution < 1.29 is 22.7 Å². The molecule has 2 atom stereocenters. The summed E-state index contributed by atoms with van der Waals surface area (Å²) < 4.78 is 31.9. The zero-order valence-electron chi connectivity index (χ0n) is 16.2. The summed E-state index contributed by atoms with van der Waals surface area (Å²) in [6.45, 7) is 4.76. The van der Waals surface area contributed by atoms with Gasteiger partial charge in [0.15, 0.2) is 6.61 Å². The van der Waals surface area contributed by atoms with E-state index in [1.807, 2.05) is 6.92 Å². The van der Waals surface area contributed by atoms with E-state index in [4.69, 9.17) is 4.74 Å². The van der Waals surface area contributed by atoms with Gasteiger partial charge in [0.1, 0.15) is 5.54 Å². The van der Waals surface area contributed by atoms with Gasteiger partial charge in [-0.15, -0.1) is 0 Å². The van der Waals surface area contributed by atoms with E-state index in [0.717, 1.165) is 12.8 Å². The predicted molar refractivity (Wildman–Crippen MR) is 102 cm³/mol. The number of nitrogens with one attached hydrogen (secondary N) is 2. The monoisotopic (exact) mass is 407 g/mol. The maximum absolute atomic E-state index is 12.2. The summed E-state index contributed by atoms with van der Waals surface area (Å²) in [5.74, 6) is -1.18. The molecule has 0 bridgehead atoms. The molecule has 0 radical (unpaired) electrons. The topological polar surface area (TPSA) is 125 Å². The molecular weight excluding hydrogens is 382 g/mol. The first-order valence-electron chi connectivity index (χ1n) is 9.13. The average Bonchev–Trinajstić information content (AvgIpc) is 3.51. The van der Waals surface area contributed by atoms with Gasteiger partial charge in [0.2, 0.25) is 10.0 Å². The van der Waals surface area contributed by atoms with Gasteiger partial charge < -0.3 is 10.1 Å². The van der Waals surface area contributed by atoms with Crippen molar-refractivity contribution in [3.05, 3.63) is 29.8 Å². The van der Waals surface area contributed by atoms with Gasteiger partial charge in [0, 0.05) is 6.04 Å². The molecular formula is C19H25N3O5S. The van der Waals surface area contributed by atoms with Gasteiger partial charge in [0.05, 0.1) is 16.5 Å². The van der Waals surface area contributed by atoms with Gasteiger partial charge in [-0.05, 0) is 63.3 Å². The van der Waals surface area contributed by atoms with Gasteiger partial charge in [-0.1, -0.05) is 6.92 Å². The number of nitrogens with zero attached hydrogens (tertiary/aromatic N) is 1. The third-order valence-corrected chi connectivity index (χ3v) is 6.33. The summed E-state index contributed by atoms with van der Waals surface area (Å²) in [6, 6.07) is 7.16. The number of carbonyl (C=O) groups is 2. The van der Waals surface area contributed by atoms with Crippen LogP contribution in [0.15, 0.2) is 29.2 Å². The van der Waals surface area contributed by atoms with Crippen molar-refractivity contribution >= 4 is 21.9 Å². The first-order valence-corrected chi connectivity index (χ1v) is 10.6. The van der Waals surface area contributed by atoms with Crippen molar-refractivity contribution in [3.63, 3.8) is 0 Å². The Hall–Kier alpha value is -2.44. The fourth-order valence-corrected chi connectivity index (χ4v) is 3.94. The highest BCUT2D eigenvalue weighted by molar-refractivity contribution is 7.89. The Labute approximate surface area is 165 Å². The Balaban J connectivity index is 1.92. The first kappa shape index (κ1) is 21.9. The van der Waals surface area contributed by atoms with Crippen LogP contribution < -0.4 is 10.0 Å². The number of hydrogen-bond acceptors (Lipinski definition) is 6. The van der Waals surface area contributed by atoms with Gasteiger partial charge >= 0.3 is 5.97 Å². The molecule has 28 heavy (non-hydrogen) atoms. The highest BCUT2D eigenvalue weighted by Crippen LogP contribution is 2.39. The molecule has 1 amide bonds. The molecule has 2 rings (SSSR count). The molecule has 152 valence electrons. The van der Waals surface area contributed by atoms with Crippen molar-refractivity contribution in [2.45, 2.75) is 56.5 Å². The molecule has 1 aromatic rings. The van der Waals surface area contributed by atoms with Gasteiger partial charge in [-0.25, -0.2) is 17.9 Å². The molecule has 1 aliphatic rings. The largest absolute Gasteiger partial charge is 0.452 e. The summed E-state index contributed by atoms with van der Waals surface area (Å²) in [7, 11) is -3.66. The Kier molecular flexibility index (Phi) is 6.80. The van der Waals surface area contributed by atoms with E-state index in [2.05, 4.69) is 16.1 Å². The number of esters is 1. The lowest BCUT2D eigenvalue weighted by atomic mass is 9.98. The second-order valence-corrected chi connectivity index (χ2v) is 8.88. The van der Waals surface area contributed by atoms with E-state index in [1.54, 1.807) is 13.8 Å². The van der Waals surface area contributed by atoms with Crippen LogP contribution in [0.4, 0.5) is 0 Å². The third kappa shape index (κ3) is 5.53. The highest BCUT2D eigenvalue weighted by atomic mass is 32.2. The standard InChI is InChI=1S/C19H25N3O5S/c1-4-13(2)22-28(25,26)16-9-5-14(6-10-16)18(24)27-11-17(23)21-19(3,12-20)15-7-8-15/h5-6,9-10,13,15,22H,4,7-8,11H2,1-3H3,(H,21,23)/t13-,19-/m1/s1. The lowest BCUT2D eigenvalue weighted by Crippen LogP contribution is -2.48. The van der Waals surface area contributed by atoms with Gasteiger partial charge in [0.25, 0.3) is 5.91 Å². The van der Waals surface area contributed by atoms with Crippen LogP contribution in [0.2, 0.25) is 0 Å². The fraction of sp³-hybridized carbons (Fsp3) is 0.526. The number of nitriles is 1. The molecule has 0 aromatic heterocycles. The smallest absolute Gasteiger partial charge is 0.338 e.